The van der Waals surface area contributed by atoms with Gasteiger partial charge < -0.3 is 42.9 Å². The summed E-state index contributed by atoms with van der Waals surface area (Å²) < 4.78 is 0. The van der Waals surface area contributed by atoms with Crippen LogP contribution in [0, 0.1) is 84.1 Å². The van der Waals surface area contributed by atoms with Crippen LogP contribution < -0.4 is 48.7 Å². The predicted octanol–water partition coefficient (Wildman–Crippen LogP) is 3.33. The van der Waals surface area contributed by atoms with Gasteiger partial charge in [-0.05, 0) is 80.0 Å². The third-order valence-electron chi connectivity index (χ3n) is 13.6. The molecule has 51 heavy (non-hydrogen) atoms. The van der Waals surface area contributed by atoms with Crippen molar-refractivity contribution in [3.8, 4) is 0 Å². The zero-order valence-electron chi connectivity index (χ0n) is 29.2. The second kappa shape index (κ2) is 20.2. The summed E-state index contributed by atoms with van der Waals surface area (Å²) in [7, 11) is 0. The van der Waals surface area contributed by atoms with Crippen molar-refractivity contribution in [3.63, 3.8) is 0 Å². The summed E-state index contributed by atoms with van der Waals surface area (Å²) >= 11 is 0. The van der Waals surface area contributed by atoms with Crippen molar-refractivity contribution in [2.75, 3.05) is 0 Å². The molecule has 16 unspecified atom stereocenters. The van der Waals surface area contributed by atoms with E-state index in [2.05, 4.69) is 49.0 Å². The van der Waals surface area contributed by atoms with Crippen LogP contribution in [0.5, 0.6) is 0 Å². The number of fused-ring (bicyclic) bond motifs is 20. The minimum Gasteiger partial charge on any atom is -0.444 e. The maximum atomic E-state index is 8.00. The van der Waals surface area contributed by atoms with E-state index in [4.69, 9.17) is 30.3 Å². The van der Waals surface area contributed by atoms with Crippen LogP contribution in [0.15, 0.2) is 16.0 Å². The molecule has 4 aliphatic carbocycles. The van der Waals surface area contributed by atoms with Crippen LogP contribution in [0.4, 0.5) is 0 Å². The van der Waals surface area contributed by atoms with E-state index >= 15 is 0 Å². The molecule has 0 amide bonds. The zero-order valence-corrected chi connectivity index (χ0v) is 30.2. The van der Waals surface area contributed by atoms with Gasteiger partial charge in [0.2, 0.25) is 0 Å². The molecule has 16 atom stereocenters. The first-order valence-electron chi connectivity index (χ1n) is 18.8. The van der Waals surface area contributed by atoms with Crippen LogP contribution in [0.2, 0.25) is 0 Å². The molecule has 9 rings (SSSR count). The molecule has 0 aromatic rings. The predicted molar refractivity (Wildman–Crippen MR) is 189 cm³/mol. The summed E-state index contributed by atoms with van der Waals surface area (Å²) in [5.74, 6) is 5.74. The molecule has 9 aliphatic rings. The van der Waals surface area contributed by atoms with Crippen molar-refractivity contribution < 1.29 is 17.1 Å². The van der Waals surface area contributed by atoms with Gasteiger partial charge in [0, 0.05) is 6.17 Å². The molecule has 5 heterocycles. The van der Waals surface area contributed by atoms with Crippen LogP contribution in [-0.4, -0.2) is 49.3 Å². The molecule has 5 aliphatic heterocycles. The van der Waals surface area contributed by atoms with E-state index in [1.165, 1.54) is 96.3 Å². The van der Waals surface area contributed by atoms with Crippen LogP contribution in [0.25, 0.3) is 0 Å². The van der Waals surface area contributed by atoms with Crippen molar-refractivity contribution in [1.82, 2.24) is 48.7 Å². The Bertz CT molecular complexity index is 870. The Morgan fingerprint density at radius 3 is 0.882 bits per heavy atom. The second-order valence-corrected chi connectivity index (χ2v) is 15.6. The molecule has 8 bridgehead atoms. The zero-order chi connectivity index (χ0) is 34.3. The van der Waals surface area contributed by atoms with Crippen LogP contribution >= 0.6 is 0 Å². The summed E-state index contributed by atoms with van der Waals surface area (Å²) in [6.45, 7) is 0. The molecule has 5 saturated heterocycles. The number of hydrogen-bond donors (Lipinski definition) is 9. The SMILES string of the molecule is N.O=N[O-].O=N[O-].O=N[O-].[CH-]1CCCC2C3NC(NC4NC(NC5NC(NC6NC(N3)C3CCCCC63)C3CCCCC53)C3CCCCC43)C12.[Cu+]. The van der Waals surface area contributed by atoms with E-state index in [9.17, 15) is 0 Å². The molecular weight excluding hydrogens is 712 g/mol. The minimum atomic E-state index is 0. The third-order valence-corrected chi connectivity index (χ3v) is 13.6. The minimum absolute atomic E-state index is 0. The fourth-order valence-corrected chi connectivity index (χ4v) is 11.7. The Hall–Kier alpha value is -1.64. The summed E-state index contributed by atoms with van der Waals surface area (Å²) in [5.41, 5.74) is 0. The van der Waals surface area contributed by atoms with Crippen LogP contribution in [-0.2, 0) is 17.1 Å². The largest absolute Gasteiger partial charge is 1.00 e. The Balaban J connectivity index is 0.000000485. The summed E-state index contributed by atoms with van der Waals surface area (Å²) in [6, 6.07) is 0. The van der Waals surface area contributed by atoms with Gasteiger partial charge in [-0.2, -0.15) is 6.42 Å². The van der Waals surface area contributed by atoms with Crippen molar-refractivity contribution in [2.24, 2.45) is 63.4 Å². The first-order valence-corrected chi connectivity index (χ1v) is 18.8. The fraction of sp³-hybridized carbons (Fsp3) is 0.969. The molecular formula is C32H58CuN12O6-3. The molecule has 0 aromatic heterocycles. The van der Waals surface area contributed by atoms with Crippen molar-refractivity contribution in [2.45, 2.75) is 146 Å². The quantitative estimate of drug-likeness (QED) is 0.0739. The summed E-state index contributed by atoms with van der Waals surface area (Å²) in [4.78, 5) is 24.0. The summed E-state index contributed by atoms with van der Waals surface area (Å²) in [6.07, 6.45) is 26.4. The van der Waals surface area contributed by atoms with E-state index < -0.39 is 0 Å². The van der Waals surface area contributed by atoms with Gasteiger partial charge in [0.25, 0.3) is 0 Å². The average molecular weight is 770 g/mol. The normalized spacial score (nSPS) is 45.9. The Morgan fingerprint density at radius 1 is 0.392 bits per heavy atom. The average Bonchev–Trinajstić information content (AvgIpc) is 3.85. The van der Waals surface area contributed by atoms with E-state index in [1.807, 2.05) is 0 Å². The Labute approximate surface area is 310 Å². The maximum absolute atomic E-state index is 8.00. The molecule has 4 saturated carbocycles. The molecule has 0 spiro atoms. The summed E-state index contributed by atoms with van der Waals surface area (Å²) in [5, 5.41) is 60.7. The van der Waals surface area contributed by atoms with Gasteiger partial charge in [0.15, 0.2) is 0 Å². The number of nitrogens with zero attached hydrogens (tertiary/aromatic N) is 3. The molecule has 0 aromatic carbocycles. The van der Waals surface area contributed by atoms with Crippen molar-refractivity contribution >= 4 is 0 Å². The van der Waals surface area contributed by atoms with Gasteiger partial charge in [-0.15, -0.1) is 21.9 Å². The van der Waals surface area contributed by atoms with Gasteiger partial charge in [-0.3, -0.25) is 42.5 Å². The molecule has 18 nitrogen and oxygen atoms in total. The second-order valence-electron chi connectivity index (χ2n) is 15.6. The number of nitrogens with one attached hydrogen (secondary N) is 8. The van der Waals surface area contributed by atoms with E-state index in [1.54, 1.807) is 0 Å². The van der Waals surface area contributed by atoms with Gasteiger partial charge in [-0.1, -0.05) is 51.4 Å². The number of hydrogen-bond acceptors (Lipinski definition) is 18. The third kappa shape index (κ3) is 9.19. The monoisotopic (exact) mass is 769 g/mol. The molecule has 0 radical (unpaired) electrons. The maximum Gasteiger partial charge on any atom is 1.00 e. The van der Waals surface area contributed by atoms with E-state index in [0.29, 0.717) is 61.2 Å². The molecule has 19 heteroatoms. The Morgan fingerprint density at radius 2 is 0.608 bits per heavy atom. The van der Waals surface area contributed by atoms with Crippen molar-refractivity contribution in [1.29, 1.82) is 0 Å². The first kappa shape index (κ1) is 42.1. The van der Waals surface area contributed by atoms with E-state index in [-0.39, 0.29) is 23.2 Å². The van der Waals surface area contributed by atoms with Crippen LogP contribution in [0.1, 0.15) is 96.3 Å². The topological polar surface area (TPSA) is 289 Å². The standard InChI is InChI=1S/C32H55N8.Cu.3HNO2.H3N/c1-2-10-18-17(9-1)25-33-26(18)38-28-21-13-5-6-14-22(21)30(35-28)40-32-24-16-8-7-15-23(24)31(36-32)39-29-20-12-4-3-11-19(20)27(34-29)37-25;;3*2-1-3;/h9,17-40H,1-8,10-16H2;;3*(H,2,3);1H3/q-1;+1;;;;/p-3. The van der Waals surface area contributed by atoms with E-state index in [0.717, 1.165) is 51.5 Å². The Kier molecular flexibility index (Phi) is 16.6. The van der Waals surface area contributed by atoms with Gasteiger partial charge in [0.05, 0.1) is 43.2 Å². The molecule has 296 valence electrons. The fourth-order valence-electron chi connectivity index (χ4n) is 11.7. The smallest absolute Gasteiger partial charge is 0.444 e. The number of rotatable bonds is 0. The van der Waals surface area contributed by atoms with Gasteiger partial charge in [0.1, 0.15) is 0 Å². The first-order chi connectivity index (χ1) is 24.0. The van der Waals surface area contributed by atoms with Crippen LogP contribution in [0.3, 0.4) is 0 Å². The molecule has 11 N–H and O–H groups in total. The van der Waals surface area contributed by atoms with Crippen molar-refractivity contribution in [3.05, 3.63) is 36.8 Å². The van der Waals surface area contributed by atoms with Gasteiger partial charge >= 0.3 is 17.1 Å². The van der Waals surface area contributed by atoms with Gasteiger partial charge in [-0.25, -0.2) is 0 Å². The molecule has 9 fully saturated rings.